The van der Waals surface area contributed by atoms with E-state index in [2.05, 4.69) is 11.1 Å². The highest BCUT2D eigenvalue weighted by molar-refractivity contribution is 7.88. The minimum atomic E-state index is -6.07. The molecule has 4 rings (SSSR count). The van der Waals surface area contributed by atoms with Gasteiger partial charge in [0.2, 0.25) is 0 Å². The zero-order valence-corrected chi connectivity index (χ0v) is 22.7. The van der Waals surface area contributed by atoms with E-state index in [0.717, 1.165) is 49.1 Å². The molecule has 0 spiro atoms. The first-order valence-corrected chi connectivity index (χ1v) is 15.3. The lowest BCUT2D eigenvalue weighted by molar-refractivity contribution is -0.0500. The SMILES string of the molecule is CCCCCCC1CCC(C2CCC(c3cc(F)c4c(F)c(OS(=O)(=O)C(F)(F)F)ccc4c3)CC2)CC1. The lowest BCUT2D eigenvalue weighted by atomic mass is 9.68. The van der Waals surface area contributed by atoms with Crippen molar-refractivity contribution in [2.45, 2.75) is 102 Å². The standard InChI is InChI=1S/C29H37F5O3S/c1-2-3-4-5-6-19-7-9-20(10-8-19)21-11-13-22(14-12-21)24-17-23-15-16-26(28(31)27(23)25(30)18-24)37-38(35,36)29(32,33)34/h15-22H,2-14H2,1H3. The molecule has 0 atom stereocenters. The second kappa shape index (κ2) is 12.1. The Bertz CT molecular complexity index is 1190. The number of halogens is 5. The fourth-order valence-corrected chi connectivity index (χ4v) is 7.03. The molecule has 0 radical (unpaired) electrons. The minimum absolute atomic E-state index is 0.129. The maximum Gasteiger partial charge on any atom is 0.534 e. The van der Waals surface area contributed by atoms with E-state index in [1.54, 1.807) is 6.07 Å². The molecule has 9 heteroatoms. The van der Waals surface area contributed by atoms with E-state index in [4.69, 9.17) is 0 Å². The van der Waals surface area contributed by atoms with Crippen molar-refractivity contribution in [3.8, 4) is 5.75 Å². The monoisotopic (exact) mass is 560 g/mol. The Hall–Kier alpha value is -1.90. The van der Waals surface area contributed by atoms with Gasteiger partial charge in [0.1, 0.15) is 5.82 Å². The van der Waals surface area contributed by atoms with Crippen LogP contribution in [0.3, 0.4) is 0 Å². The van der Waals surface area contributed by atoms with Crippen molar-refractivity contribution >= 4 is 20.9 Å². The first-order chi connectivity index (χ1) is 18.0. The number of rotatable bonds is 9. The second-order valence-corrected chi connectivity index (χ2v) is 12.7. The topological polar surface area (TPSA) is 43.4 Å². The molecule has 2 aromatic rings. The van der Waals surface area contributed by atoms with Crippen LogP contribution < -0.4 is 4.18 Å². The van der Waals surface area contributed by atoms with E-state index in [1.165, 1.54) is 69.9 Å². The van der Waals surface area contributed by atoms with Gasteiger partial charge < -0.3 is 4.18 Å². The van der Waals surface area contributed by atoms with Gasteiger partial charge in [-0.25, -0.2) is 8.78 Å². The summed E-state index contributed by atoms with van der Waals surface area (Å²) in [5.41, 5.74) is -4.98. The smallest absolute Gasteiger partial charge is 0.373 e. The third-order valence-corrected chi connectivity index (χ3v) is 9.71. The molecule has 0 saturated heterocycles. The minimum Gasteiger partial charge on any atom is -0.373 e. The van der Waals surface area contributed by atoms with Crippen molar-refractivity contribution in [3.63, 3.8) is 0 Å². The highest BCUT2D eigenvalue weighted by atomic mass is 32.2. The van der Waals surface area contributed by atoms with Crippen LogP contribution in [-0.4, -0.2) is 13.9 Å². The lowest BCUT2D eigenvalue weighted by Crippen LogP contribution is -2.28. The van der Waals surface area contributed by atoms with E-state index < -0.39 is 38.4 Å². The van der Waals surface area contributed by atoms with Gasteiger partial charge in [-0.2, -0.15) is 21.6 Å². The maximum absolute atomic E-state index is 15.0. The van der Waals surface area contributed by atoms with Gasteiger partial charge >= 0.3 is 15.6 Å². The molecule has 212 valence electrons. The first kappa shape index (κ1) is 29.1. The molecule has 2 aliphatic carbocycles. The zero-order valence-electron chi connectivity index (χ0n) is 21.8. The Balaban J connectivity index is 1.37. The number of alkyl halides is 3. The molecule has 0 amide bonds. The summed E-state index contributed by atoms with van der Waals surface area (Å²) in [6.07, 6.45) is 15.9. The van der Waals surface area contributed by atoms with Gasteiger partial charge in [-0.05, 0) is 85.3 Å². The van der Waals surface area contributed by atoms with Crippen molar-refractivity contribution in [1.29, 1.82) is 0 Å². The summed E-state index contributed by atoms with van der Waals surface area (Å²) >= 11 is 0. The first-order valence-electron chi connectivity index (χ1n) is 13.9. The van der Waals surface area contributed by atoms with Crippen molar-refractivity contribution in [1.82, 2.24) is 0 Å². The molecule has 0 N–H and O–H groups in total. The van der Waals surface area contributed by atoms with Crippen LogP contribution in [0.1, 0.15) is 102 Å². The summed E-state index contributed by atoms with van der Waals surface area (Å²) in [4.78, 5) is 0. The van der Waals surface area contributed by atoms with Crippen LogP contribution in [0, 0.1) is 29.4 Å². The molecule has 2 aromatic carbocycles. The molecule has 0 aliphatic heterocycles. The summed E-state index contributed by atoms with van der Waals surface area (Å²) < 4.78 is 94.1. The molecule has 38 heavy (non-hydrogen) atoms. The Morgan fingerprint density at radius 2 is 1.50 bits per heavy atom. The molecule has 0 heterocycles. The predicted octanol–water partition coefficient (Wildman–Crippen LogP) is 9.40. The van der Waals surface area contributed by atoms with Crippen molar-refractivity contribution in [2.75, 3.05) is 0 Å². The molecule has 2 fully saturated rings. The number of benzene rings is 2. The molecule has 0 unspecified atom stereocenters. The van der Waals surface area contributed by atoms with Crippen LogP contribution in [0.15, 0.2) is 24.3 Å². The van der Waals surface area contributed by atoms with Crippen LogP contribution in [0.5, 0.6) is 5.75 Å². The van der Waals surface area contributed by atoms with Crippen molar-refractivity contribution in [2.24, 2.45) is 17.8 Å². The molecular formula is C29H37F5O3S. The van der Waals surface area contributed by atoms with Gasteiger partial charge in [0.15, 0.2) is 11.6 Å². The van der Waals surface area contributed by atoms with Crippen LogP contribution >= 0.6 is 0 Å². The maximum atomic E-state index is 15.0. The molecule has 0 aromatic heterocycles. The third kappa shape index (κ3) is 6.62. The average Bonchev–Trinajstić information content (AvgIpc) is 2.88. The number of fused-ring (bicyclic) bond motifs is 1. The fourth-order valence-electron chi connectivity index (χ4n) is 6.57. The average molecular weight is 561 g/mol. The normalized spacial score (nSPS) is 25.0. The Morgan fingerprint density at radius 1 is 0.868 bits per heavy atom. The predicted molar refractivity (Wildman–Crippen MR) is 138 cm³/mol. The van der Waals surface area contributed by atoms with Crippen LogP contribution in [-0.2, 0) is 10.1 Å². The Morgan fingerprint density at radius 3 is 2.11 bits per heavy atom. The van der Waals surface area contributed by atoms with Gasteiger partial charge in [0, 0.05) is 0 Å². The number of hydrogen-bond donors (Lipinski definition) is 0. The van der Waals surface area contributed by atoms with Gasteiger partial charge in [0.05, 0.1) is 5.39 Å². The van der Waals surface area contributed by atoms with Gasteiger partial charge in [-0.3, -0.25) is 0 Å². The molecular weight excluding hydrogens is 523 g/mol. The fraction of sp³-hybridized carbons (Fsp3) is 0.655. The highest BCUT2D eigenvalue weighted by Gasteiger charge is 2.49. The summed E-state index contributed by atoms with van der Waals surface area (Å²) in [6.45, 7) is 2.24. The van der Waals surface area contributed by atoms with Crippen molar-refractivity contribution in [3.05, 3.63) is 41.5 Å². The quantitative estimate of drug-likeness (QED) is 0.133. The summed E-state index contributed by atoms with van der Waals surface area (Å²) in [5.74, 6) is -1.14. The van der Waals surface area contributed by atoms with E-state index >= 15 is 0 Å². The molecule has 3 nitrogen and oxygen atoms in total. The van der Waals surface area contributed by atoms with Crippen LogP contribution in [0.2, 0.25) is 0 Å². The van der Waals surface area contributed by atoms with Gasteiger partial charge in [-0.1, -0.05) is 64.0 Å². The number of hydrogen-bond acceptors (Lipinski definition) is 3. The summed E-state index contributed by atoms with van der Waals surface area (Å²) in [7, 11) is -6.07. The van der Waals surface area contributed by atoms with Crippen LogP contribution in [0.4, 0.5) is 22.0 Å². The van der Waals surface area contributed by atoms with Crippen LogP contribution in [0.25, 0.3) is 10.8 Å². The van der Waals surface area contributed by atoms with E-state index in [9.17, 15) is 30.4 Å². The molecule has 0 bridgehead atoms. The van der Waals surface area contributed by atoms with E-state index in [1.807, 2.05) is 0 Å². The molecule has 2 saturated carbocycles. The summed E-state index contributed by atoms with van der Waals surface area (Å²) in [5, 5.41) is -0.419. The zero-order chi connectivity index (χ0) is 27.5. The van der Waals surface area contributed by atoms with E-state index in [-0.39, 0.29) is 11.3 Å². The second-order valence-electron chi connectivity index (χ2n) is 11.2. The summed E-state index contributed by atoms with van der Waals surface area (Å²) in [6, 6.07) is 4.86. The van der Waals surface area contributed by atoms with Crippen molar-refractivity contribution < 1.29 is 34.6 Å². The number of unbranched alkanes of at least 4 members (excludes halogenated alkanes) is 3. The van der Waals surface area contributed by atoms with Gasteiger partial charge in [0.25, 0.3) is 0 Å². The largest absolute Gasteiger partial charge is 0.534 e. The lowest BCUT2D eigenvalue weighted by Gasteiger charge is -2.38. The Kier molecular flexibility index (Phi) is 9.26. The highest BCUT2D eigenvalue weighted by Crippen LogP contribution is 2.45. The van der Waals surface area contributed by atoms with E-state index in [0.29, 0.717) is 5.92 Å². The third-order valence-electron chi connectivity index (χ3n) is 8.74. The Labute approximate surface area is 222 Å². The van der Waals surface area contributed by atoms with Gasteiger partial charge in [-0.15, -0.1) is 0 Å². The molecule has 2 aliphatic rings.